The Bertz CT molecular complexity index is 1240. The lowest BCUT2D eigenvalue weighted by Crippen LogP contribution is -2.50. The third kappa shape index (κ3) is 3.51. The minimum atomic E-state index is -3.82. The van der Waals surface area contributed by atoms with Crippen molar-refractivity contribution in [2.45, 2.75) is 4.90 Å². The first kappa shape index (κ1) is 19.5. The zero-order valence-corrected chi connectivity index (χ0v) is 16.8. The molecule has 2 aromatic carbocycles. The van der Waals surface area contributed by atoms with Gasteiger partial charge in [-0.2, -0.15) is 9.57 Å². The fourth-order valence-corrected chi connectivity index (χ4v) is 5.95. The van der Waals surface area contributed by atoms with Gasteiger partial charge in [0.1, 0.15) is 11.9 Å². The molecule has 1 amide bonds. The Morgan fingerprint density at radius 2 is 1.79 bits per heavy atom. The number of fused-ring (bicyclic) bond motifs is 1. The zero-order chi connectivity index (χ0) is 20.6. The highest BCUT2D eigenvalue weighted by Gasteiger charge is 2.32. The topological polar surface area (TPSA) is 81.5 Å². The molecule has 0 atom stereocenters. The summed E-state index contributed by atoms with van der Waals surface area (Å²) in [5.74, 6) is -0.607. The summed E-state index contributed by atoms with van der Waals surface area (Å²) in [4.78, 5) is 14.8. The summed E-state index contributed by atoms with van der Waals surface area (Å²) in [6, 6.07) is 14.2. The molecule has 1 saturated heterocycles. The van der Waals surface area contributed by atoms with Gasteiger partial charge in [-0.05, 0) is 30.3 Å². The number of benzene rings is 2. The van der Waals surface area contributed by atoms with Gasteiger partial charge >= 0.3 is 0 Å². The summed E-state index contributed by atoms with van der Waals surface area (Å²) >= 11 is 1.22. The van der Waals surface area contributed by atoms with Crippen LogP contribution in [0.1, 0.15) is 15.2 Å². The highest BCUT2D eigenvalue weighted by molar-refractivity contribution is 7.89. The molecule has 4 rings (SSSR count). The number of rotatable bonds is 3. The van der Waals surface area contributed by atoms with Crippen LogP contribution in [0.5, 0.6) is 0 Å². The normalized spacial score (nSPS) is 15.4. The number of nitrogens with zero attached hydrogens (tertiary/aromatic N) is 3. The zero-order valence-electron chi connectivity index (χ0n) is 15.2. The molecular formula is C20H16FN3O3S2. The lowest BCUT2D eigenvalue weighted by Gasteiger charge is -2.33. The maximum Gasteiger partial charge on any atom is 0.264 e. The Labute approximate surface area is 171 Å². The van der Waals surface area contributed by atoms with E-state index in [4.69, 9.17) is 0 Å². The van der Waals surface area contributed by atoms with Crippen molar-refractivity contribution < 1.29 is 17.6 Å². The molecule has 6 nitrogen and oxygen atoms in total. The first-order valence-electron chi connectivity index (χ1n) is 8.88. The molecule has 1 aliphatic rings. The highest BCUT2D eigenvalue weighted by atomic mass is 32.2. The average molecular weight is 429 g/mol. The van der Waals surface area contributed by atoms with E-state index < -0.39 is 10.0 Å². The van der Waals surface area contributed by atoms with Crippen molar-refractivity contribution in [1.29, 1.82) is 5.26 Å². The summed E-state index contributed by atoms with van der Waals surface area (Å²) in [5.41, 5.74) is 0.0957. The summed E-state index contributed by atoms with van der Waals surface area (Å²) in [5, 5.41) is 9.60. The Kier molecular flexibility index (Phi) is 5.08. The van der Waals surface area contributed by atoms with Crippen LogP contribution >= 0.6 is 11.3 Å². The lowest BCUT2D eigenvalue weighted by atomic mass is 10.2. The quantitative estimate of drug-likeness (QED) is 0.641. The fraction of sp³-hybridized carbons (Fsp3) is 0.200. The molecule has 1 fully saturated rings. The van der Waals surface area contributed by atoms with E-state index in [1.807, 2.05) is 6.07 Å². The molecule has 29 heavy (non-hydrogen) atoms. The van der Waals surface area contributed by atoms with Gasteiger partial charge in [0.25, 0.3) is 5.91 Å². The summed E-state index contributed by atoms with van der Waals surface area (Å²) < 4.78 is 41.7. The molecule has 0 unspecified atom stereocenters. The number of halogens is 1. The predicted molar refractivity (Wildman–Crippen MR) is 108 cm³/mol. The third-order valence-electron chi connectivity index (χ3n) is 4.87. The van der Waals surface area contributed by atoms with Gasteiger partial charge in [0.2, 0.25) is 10.0 Å². The van der Waals surface area contributed by atoms with E-state index in [-0.39, 0.29) is 48.4 Å². The van der Waals surface area contributed by atoms with E-state index in [1.54, 1.807) is 35.2 Å². The van der Waals surface area contributed by atoms with E-state index in [9.17, 15) is 22.9 Å². The van der Waals surface area contributed by atoms with Gasteiger partial charge < -0.3 is 4.90 Å². The average Bonchev–Trinajstić information content (AvgIpc) is 3.19. The van der Waals surface area contributed by atoms with E-state index >= 15 is 0 Å². The third-order valence-corrected chi connectivity index (χ3v) is 7.92. The van der Waals surface area contributed by atoms with E-state index in [0.29, 0.717) is 15.0 Å². The van der Waals surface area contributed by atoms with Crippen LogP contribution < -0.4 is 0 Å². The Morgan fingerprint density at radius 1 is 1.07 bits per heavy atom. The van der Waals surface area contributed by atoms with Gasteiger partial charge in [-0.1, -0.05) is 18.2 Å². The molecule has 0 radical (unpaired) electrons. The van der Waals surface area contributed by atoms with Crippen LogP contribution in [0.4, 0.5) is 4.39 Å². The van der Waals surface area contributed by atoms with Crippen LogP contribution in [0.3, 0.4) is 0 Å². The second-order valence-electron chi connectivity index (χ2n) is 6.57. The van der Waals surface area contributed by atoms with Gasteiger partial charge in [-0.25, -0.2) is 12.8 Å². The van der Waals surface area contributed by atoms with Crippen molar-refractivity contribution in [2.24, 2.45) is 0 Å². The van der Waals surface area contributed by atoms with E-state index in [1.165, 1.54) is 33.8 Å². The van der Waals surface area contributed by atoms with Crippen molar-refractivity contribution in [3.63, 3.8) is 0 Å². The van der Waals surface area contributed by atoms with E-state index in [2.05, 4.69) is 0 Å². The lowest BCUT2D eigenvalue weighted by molar-refractivity contribution is 0.0703. The second kappa shape index (κ2) is 7.55. The molecule has 3 aromatic rings. The molecule has 0 N–H and O–H groups in total. The van der Waals surface area contributed by atoms with Gasteiger partial charge in [0.15, 0.2) is 0 Å². The number of carbonyl (C=O) groups is 1. The number of nitriles is 1. The minimum absolute atomic E-state index is 0.0257. The van der Waals surface area contributed by atoms with Crippen LogP contribution in [0.25, 0.3) is 10.1 Å². The molecule has 9 heteroatoms. The molecule has 1 aromatic heterocycles. The maximum absolute atomic E-state index is 13.9. The largest absolute Gasteiger partial charge is 0.335 e. The monoisotopic (exact) mass is 429 g/mol. The Hall–Kier alpha value is -2.80. The molecule has 0 saturated carbocycles. The SMILES string of the molecule is N#Cc1ccccc1S(=O)(=O)N1CCN(C(=O)c2cc3c(F)cccc3s2)CC1. The number of sulfonamides is 1. The molecule has 0 aliphatic carbocycles. The van der Waals surface area contributed by atoms with Gasteiger partial charge in [-0.3, -0.25) is 4.79 Å². The highest BCUT2D eigenvalue weighted by Crippen LogP contribution is 2.29. The molecule has 1 aliphatic heterocycles. The Balaban J connectivity index is 1.51. The minimum Gasteiger partial charge on any atom is -0.335 e. The van der Waals surface area contributed by atoms with Crippen molar-refractivity contribution in [1.82, 2.24) is 9.21 Å². The summed E-state index contributed by atoms with van der Waals surface area (Å²) in [6.07, 6.45) is 0. The second-order valence-corrected chi connectivity index (χ2v) is 9.56. The first-order valence-corrected chi connectivity index (χ1v) is 11.1. The molecule has 0 spiro atoms. The Morgan fingerprint density at radius 3 is 2.48 bits per heavy atom. The van der Waals surface area contributed by atoms with Crippen molar-refractivity contribution in [2.75, 3.05) is 26.2 Å². The number of amides is 1. The number of carbonyl (C=O) groups excluding carboxylic acids is 1. The van der Waals surface area contributed by atoms with Crippen LogP contribution in [0.15, 0.2) is 53.4 Å². The van der Waals surface area contributed by atoms with Crippen LogP contribution in [-0.2, 0) is 10.0 Å². The smallest absolute Gasteiger partial charge is 0.264 e. The molecule has 0 bridgehead atoms. The van der Waals surface area contributed by atoms with Gasteiger partial charge in [0, 0.05) is 36.3 Å². The van der Waals surface area contributed by atoms with Crippen molar-refractivity contribution >= 4 is 37.4 Å². The number of hydrogen-bond donors (Lipinski definition) is 0. The van der Waals surface area contributed by atoms with Crippen LogP contribution in [0.2, 0.25) is 0 Å². The summed E-state index contributed by atoms with van der Waals surface area (Å²) in [7, 11) is -3.82. The van der Waals surface area contributed by atoms with Crippen molar-refractivity contribution in [3.05, 3.63) is 64.8 Å². The number of piperazine rings is 1. The van der Waals surface area contributed by atoms with Gasteiger partial charge in [0.05, 0.1) is 15.3 Å². The summed E-state index contributed by atoms with van der Waals surface area (Å²) in [6.45, 7) is 0.715. The first-order chi connectivity index (χ1) is 13.9. The van der Waals surface area contributed by atoms with Crippen molar-refractivity contribution in [3.8, 4) is 6.07 Å². The van der Waals surface area contributed by atoms with Crippen LogP contribution in [-0.4, -0.2) is 49.7 Å². The molecular weight excluding hydrogens is 413 g/mol. The van der Waals surface area contributed by atoms with Crippen LogP contribution in [0, 0.1) is 17.1 Å². The fourth-order valence-electron chi connectivity index (χ4n) is 3.34. The maximum atomic E-state index is 13.9. The van der Waals surface area contributed by atoms with Gasteiger partial charge in [-0.15, -0.1) is 11.3 Å². The van der Waals surface area contributed by atoms with E-state index in [0.717, 1.165) is 0 Å². The number of thiophene rings is 1. The molecule has 2 heterocycles. The number of hydrogen-bond acceptors (Lipinski definition) is 5. The predicted octanol–water partition coefficient (Wildman–Crippen LogP) is 3.06. The molecule has 148 valence electrons. The standard InChI is InChI=1S/C20H16FN3O3S2/c21-16-5-3-6-17-15(16)12-18(28-17)20(25)23-8-10-24(11-9-23)29(26,27)19-7-2-1-4-14(19)13-22/h1-7,12H,8-11H2.